The standard InChI is InChI=1S/C7H10ClF3O/c1-5(2)3-4-12-7(10,11)6(8)9/h6H,1,3-4H2,2H3. The summed E-state index contributed by atoms with van der Waals surface area (Å²) >= 11 is 4.52. The van der Waals surface area contributed by atoms with Crippen LogP contribution in [-0.2, 0) is 4.74 Å². The molecule has 0 aliphatic heterocycles. The summed E-state index contributed by atoms with van der Waals surface area (Å²) in [6, 6.07) is 0. The van der Waals surface area contributed by atoms with Crippen molar-refractivity contribution in [1.29, 1.82) is 0 Å². The molecule has 0 amide bonds. The van der Waals surface area contributed by atoms with Crippen LogP contribution in [0.25, 0.3) is 0 Å². The molecule has 0 heterocycles. The quantitative estimate of drug-likeness (QED) is 0.492. The van der Waals surface area contributed by atoms with Crippen LogP contribution >= 0.6 is 11.6 Å². The molecule has 0 saturated heterocycles. The normalized spacial score (nSPS) is 14.4. The van der Waals surface area contributed by atoms with Crippen molar-refractivity contribution in [2.45, 2.75) is 25.1 Å². The molecule has 12 heavy (non-hydrogen) atoms. The minimum atomic E-state index is -3.91. The Morgan fingerprint density at radius 3 is 2.50 bits per heavy atom. The summed E-state index contributed by atoms with van der Waals surface area (Å²) in [6.07, 6.45) is -3.64. The van der Waals surface area contributed by atoms with Crippen LogP contribution in [0.3, 0.4) is 0 Å². The molecule has 0 aromatic heterocycles. The molecule has 0 aromatic carbocycles. The zero-order valence-corrected chi connectivity index (χ0v) is 7.37. The van der Waals surface area contributed by atoms with E-state index in [1.807, 2.05) is 0 Å². The van der Waals surface area contributed by atoms with Gasteiger partial charge in [-0.3, -0.25) is 0 Å². The lowest BCUT2D eigenvalue weighted by Gasteiger charge is -2.16. The molecule has 1 atom stereocenters. The summed E-state index contributed by atoms with van der Waals surface area (Å²) in [6.45, 7) is 4.85. The molecule has 72 valence electrons. The van der Waals surface area contributed by atoms with Crippen molar-refractivity contribution in [3.63, 3.8) is 0 Å². The smallest absolute Gasteiger partial charge is 0.317 e. The molecular formula is C7H10ClF3O. The first-order valence-corrected chi connectivity index (χ1v) is 3.74. The molecule has 0 bridgehead atoms. The lowest BCUT2D eigenvalue weighted by molar-refractivity contribution is -0.255. The van der Waals surface area contributed by atoms with Crippen LogP contribution in [0.2, 0.25) is 0 Å². The Morgan fingerprint density at radius 2 is 2.17 bits per heavy atom. The van der Waals surface area contributed by atoms with Crippen LogP contribution < -0.4 is 0 Å². The van der Waals surface area contributed by atoms with Crippen molar-refractivity contribution >= 4 is 11.6 Å². The van der Waals surface area contributed by atoms with E-state index in [4.69, 9.17) is 0 Å². The minimum absolute atomic E-state index is 0.263. The highest BCUT2D eigenvalue weighted by Crippen LogP contribution is 2.26. The SMILES string of the molecule is C=C(C)CCOC(F)(F)C(F)Cl. The summed E-state index contributed by atoms with van der Waals surface area (Å²) in [5.74, 6) is 0. The van der Waals surface area contributed by atoms with E-state index in [-0.39, 0.29) is 13.0 Å². The van der Waals surface area contributed by atoms with E-state index in [1.54, 1.807) is 6.92 Å². The van der Waals surface area contributed by atoms with Gasteiger partial charge in [-0.15, -0.1) is 6.58 Å². The monoisotopic (exact) mass is 202 g/mol. The van der Waals surface area contributed by atoms with Gasteiger partial charge in [-0.25, -0.2) is 4.39 Å². The maximum absolute atomic E-state index is 12.2. The second-order valence-electron chi connectivity index (χ2n) is 2.42. The van der Waals surface area contributed by atoms with E-state index in [0.717, 1.165) is 0 Å². The number of alkyl halides is 4. The third-order valence-electron chi connectivity index (χ3n) is 1.08. The van der Waals surface area contributed by atoms with Crippen molar-refractivity contribution in [3.8, 4) is 0 Å². The van der Waals surface area contributed by atoms with E-state index >= 15 is 0 Å². The van der Waals surface area contributed by atoms with Gasteiger partial charge in [0, 0.05) is 0 Å². The largest absolute Gasteiger partial charge is 0.400 e. The van der Waals surface area contributed by atoms with Gasteiger partial charge in [0.25, 0.3) is 5.63 Å². The van der Waals surface area contributed by atoms with Crippen LogP contribution in [0.15, 0.2) is 12.2 Å². The highest BCUT2D eigenvalue weighted by atomic mass is 35.5. The van der Waals surface area contributed by atoms with E-state index in [9.17, 15) is 13.2 Å². The first-order chi connectivity index (χ1) is 5.36. The molecule has 0 radical (unpaired) electrons. The Kier molecular flexibility index (Phi) is 4.63. The summed E-state index contributed by atoms with van der Waals surface area (Å²) in [7, 11) is 0. The predicted molar refractivity (Wildman–Crippen MR) is 41.1 cm³/mol. The molecule has 0 fully saturated rings. The molecule has 0 aromatic rings. The Bertz CT molecular complexity index is 159. The lowest BCUT2D eigenvalue weighted by atomic mass is 10.3. The van der Waals surface area contributed by atoms with Crippen LogP contribution in [0, 0.1) is 0 Å². The number of hydrogen-bond acceptors (Lipinski definition) is 1. The zero-order valence-electron chi connectivity index (χ0n) is 6.62. The topological polar surface area (TPSA) is 9.23 Å². The van der Waals surface area contributed by atoms with Gasteiger partial charge in [0.05, 0.1) is 6.61 Å². The average Bonchev–Trinajstić information content (AvgIpc) is 1.85. The molecule has 0 saturated carbocycles. The maximum atomic E-state index is 12.2. The van der Waals surface area contributed by atoms with Gasteiger partial charge in [0.15, 0.2) is 0 Å². The average molecular weight is 203 g/mol. The molecule has 1 nitrogen and oxygen atoms in total. The number of halogens is 4. The summed E-state index contributed by atoms with van der Waals surface area (Å²) in [4.78, 5) is 0. The third-order valence-corrected chi connectivity index (χ3v) is 1.33. The Labute approximate surface area is 74.2 Å². The van der Waals surface area contributed by atoms with Crippen molar-refractivity contribution < 1.29 is 17.9 Å². The highest BCUT2D eigenvalue weighted by molar-refractivity contribution is 6.20. The predicted octanol–water partition coefficient (Wildman–Crippen LogP) is 3.10. The summed E-state index contributed by atoms with van der Waals surface area (Å²) in [5, 5.41) is 0. The number of rotatable bonds is 5. The van der Waals surface area contributed by atoms with E-state index in [1.165, 1.54) is 0 Å². The molecule has 0 aliphatic rings. The van der Waals surface area contributed by atoms with E-state index < -0.39 is 11.7 Å². The molecular weight excluding hydrogens is 193 g/mol. The third kappa shape index (κ3) is 4.62. The number of hydrogen-bond donors (Lipinski definition) is 0. The van der Waals surface area contributed by atoms with Gasteiger partial charge < -0.3 is 4.74 Å². The van der Waals surface area contributed by atoms with Gasteiger partial charge in [-0.1, -0.05) is 17.2 Å². The Balaban J connectivity index is 3.69. The fourth-order valence-electron chi connectivity index (χ4n) is 0.424. The van der Waals surface area contributed by atoms with Crippen LogP contribution in [0.4, 0.5) is 13.2 Å². The summed E-state index contributed by atoms with van der Waals surface area (Å²) < 4.78 is 40.2. The molecule has 0 spiro atoms. The second-order valence-corrected chi connectivity index (χ2v) is 2.80. The minimum Gasteiger partial charge on any atom is -0.317 e. The molecule has 0 aliphatic carbocycles. The van der Waals surface area contributed by atoms with Gasteiger partial charge in [0.2, 0.25) is 0 Å². The van der Waals surface area contributed by atoms with Crippen molar-refractivity contribution in [2.24, 2.45) is 0 Å². The van der Waals surface area contributed by atoms with E-state index in [0.29, 0.717) is 5.57 Å². The molecule has 1 unspecified atom stereocenters. The van der Waals surface area contributed by atoms with Crippen molar-refractivity contribution in [2.75, 3.05) is 6.61 Å². The fourth-order valence-corrected chi connectivity index (χ4v) is 0.487. The first kappa shape index (κ1) is 11.8. The van der Waals surface area contributed by atoms with Gasteiger partial charge in [-0.05, 0) is 13.3 Å². The maximum Gasteiger partial charge on any atom is 0.400 e. The van der Waals surface area contributed by atoms with Crippen LogP contribution in [-0.4, -0.2) is 18.3 Å². The van der Waals surface area contributed by atoms with E-state index in [2.05, 4.69) is 22.9 Å². The van der Waals surface area contributed by atoms with Crippen molar-refractivity contribution in [1.82, 2.24) is 0 Å². The number of ether oxygens (including phenoxy) is 1. The van der Waals surface area contributed by atoms with Crippen LogP contribution in [0.5, 0.6) is 0 Å². The Morgan fingerprint density at radius 1 is 1.67 bits per heavy atom. The second kappa shape index (κ2) is 4.72. The molecule has 0 rings (SSSR count). The van der Waals surface area contributed by atoms with Gasteiger partial charge in [-0.2, -0.15) is 8.78 Å². The highest BCUT2D eigenvalue weighted by Gasteiger charge is 2.40. The summed E-state index contributed by atoms with van der Waals surface area (Å²) in [5.41, 5.74) is -2.11. The first-order valence-electron chi connectivity index (χ1n) is 3.30. The van der Waals surface area contributed by atoms with Gasteiger partial charge >= 0.3 is 6.11 Å². The lowest BCUT2D eigenvalue weighted by Crippen LogP contribution is -2.29. The van der Waals surface area contributed by atoms with Gasteiger partial charge in [0.1, 0.15) is 0 Å². The van der Waals surface area contributed by atoms with Crippen molar-refractivity contribution in [3.05, 3.63) is 12.2 Å². The van der Waals surface area contributed by atoms with Crippen LogP contribution in [0.1, 0.15) is 13.3 Å². The molecule has 0 N–H and O–H groups in total. The zero-order chi connectivity index (χ0) is 9.78. The molecule has 5 heteroatoms. The Hall–Kier alpha value is -0.220. The fraction of sp³-hybridized carbons (Fsp3) is 0.714.